The quantitative estimate of drug-likeness (QED) is 0.563. The summed E-state index contributed by atoms with van der Waals surface area (Å²) in [7, 11) is 0. The van der Waals surface area contributed by atoms with Gasteiger partial charge in [0.05, 0.1) is 30.2 Å². The number of aliphatic hydroxyl groups is 1. The number of nitrogens with zero attached hydrogens (tertiary/aromatic N) is 1. The zero-order valence-electron chi connectivity index (χ0n) is 17.5. The lowest BCUT2D eigenvalue weighted by molar-refractivity contribution is -0.0980. The predicted molar refractivity (Wildman–Crippen MR) is 118 cm³/mol. The molecule has 1 aliphatic rings. The molecule has 3 atom stereocenters. The van der Waals surface area contributed by atoms with Crippen molar-refractivity contribution in [2.75, 3.05) is 5.32 Å². The number of hydrogen-bond acceptors (Lipinski definition) is 5. The number of aromatic nitrogens is 2. The van der Waals surface area contributed by atoms with Crippen LogP contribution in [0.25, 0.3) is 11.1 Å². The molecule has 2 aromatic heterocycles. The largest absolute Gasteiger partial charge is 0.393 e. The third-order valence-corrected chi connectivity index (χ3v) is 5.64. The molecular weight excluding hydrogens is 413 g/mol. The number of carbonyl (C=O) groups excluding carboxylic acids is 1. The molecule has 1 aromatic carbocycles. The molecule has 3 aromatic rings. The molecule has 1 fully saturated rings. The Morgan fingerprint density at radius 1 is 1.25 bits per heavy atom. The molecule has 0 aliphatic carbocycles. The number of benzene rings is 1. The van der Waals surface area contributed by atoms with Crippen molar-refractivity contribution in [1.29, 1.82) is 0 Å². The Morgan fingerprint density at radius 3 is 2.84 bits per heavy atom. The monoisotopic (exact) mass is 437 g/mol. The number of anilines is 1. The van der Waals surface area contributed by atoms with Gasteiger partial charge in [0, 0.05) is 41.7 Å². The first-order valence-electron chi connectivity index (χ1n) is 10.5. The molecule has 4 rings (SSSR count). The van der Waals surface area contributed by atoms with Crippen LogP contribution < -0.4 is 10.7 Å². The van der Waals surface area contributed by atoms with Gasteiger partial charge in [-0.25, -0.2) is 4.39 Å². The normalized spacial score (nSPS) is 20.7. The first-order valence-corrected chi connectivity index (χ1v) is 10.5. The molecule has 8 heteroatoms. The number of pyridine rings is 2. The lowest BCUT2D eigenvalue weighted by atomic mass is 9.95. The number of halogens is 1. The third-order valence-electron chi connectivity index (χ3n) is 5.64. The van der Waals surface area contributed by atoms with E-state index >= 15 is 0 Å². The fraction of sp³-hybridized carbons (Fsp3) is 0.292. The van der Waals surface area contributed by atoms with Gasteiger partial charge in [-0.05, 0) is 25.0 Å². The van der Waals surface area contributed by atoms with Crippen molar-refractivity contribution in [2.24, 2.45) is 0 Å². The van der Waals surface area contributed by atoms with E-state index < -0.39 is 29.4 Å². The van der Waals surface area contributed by atoms with Crippen LogP contribution in [0.2, 0.25) is 0 Å². The van der Waals surface area contributed by atoms with E-state index in [1.165, 1.54) is 36.8 Å². The summed E-state index contributed by atoms with van der Waals surface area (Å²) in [4.78, 5) is 32.8. The van der Waals surface area contributed by atoms with Gasteiger partial charge in [-0.2, -0.15) is 0 Å². The standard InChI is InChI=1S/C24H24FN3O4/c1-2-15-9-14(29)10-22(32-15)17-7-8-26-13-21(17)28-24(31)19-12-27-11-18(23(19)30)16-5-3-4-6-20(16)25/h3-8,11-15,22,29H,2,9-10H2,1H3,(H,27,30)(H,28,31). The van der Waals surface area contributed by atoms with Gasteiger partial charge in [-0.3, -0.25) is 14.6 Å². The molecule has 3 unspecified atom stereocenters. The minimum absolute atomic E-state index is 0.0617. The zero-order valence-corrected chi connectivity index (χ0v) is 17.5. The first-order chi connectivity index (χ1) is 15.5. The highest BCUT2D eigenvalue weighted by Gasteiger charge is 2.30. The Balaban J connectivity index is 1.63. The van der Waals surface area contributed by atoms with Crippen LogP contribution in [0, 0.1) is 5.82 Å². The number of H-pyrrole nitrogens is 1. The second-order valence-corrected chi connectivity index (χ2v) is 7.79. The highest BCUT2D eigenvalue weighted by atomic mass is 19.1. The van der Waals surface area contributed by atoms with E-state index in [0.29, 0.717) is 24.1 Å². The fourth-order valence-electron chi connectivity index (χ4n) is 3.97. The molecule has 1 aliphatic heterocycles. The summed E-state index contributed by atoms with van der Waals surface area (Å²) in [5.74, 6) is -1.20. The molecular formula is C24H24FN3O4. The van der Waals surface area contributed by atoms with Gasteiger partial charge in [0.1, 0.15) is 11.4 Å². The van der Waals surface area contributed by atoms with E-state index in [1.807, 2.05) is 6.92 Å². The van der Waals surface area contributed by atoms with E-state index in [-0.39, 0.29) is 22.8 Å². The van der Waals surface area contributed by atoms with Crippen LogP contribution in [0.4, 0.5) is 10.1 Å². The predicted octanol–water partition coefficient (Wildman–Crippen LogP) is 3.82. The van der Waals surface area contributed by atoms with Crippen molar-refractivity contribution in [3.8, 4) is 11.1 Å². The van der Waals surface area contributed by atoms with E-state index in [1.54, 1.807) is 18.3 Å². The number of amides is 1. The average molecular weight is 437 g/mol. The van der Waals surface area contributed by atoms with Crippen molar-refractivity contribution in [3.05, 3.63) is 82.3 Å². The molecule has 7 nitrogen and oxygen atoms in total. The summed E-state index contributed by atoms with van der Waals surface area (Å²) >= 11 is 0. The molecule has 166 valence electrons. The number of nitrogens with one attached hydrogen (secondary N) is 2. The maximum absolute atomic E-state index is 14.2. The number of hydrogen-bond donors (Lipinski definition) is 3. The summed E-state index contributed by atoms with van der Waals surface area (Å²) in [5, 5.41) is 13.0. The van der Waals surface area contributed by atoms with Gasteiger partial charge in [-0.15, -0.1) is 0 Å². The summed E-state index contributed by atoms with van der Waals surface area (Å²) in [6.07, 6.45) is 6.45. The van der Waals surface area contributed by atoms with Crippen molar-refractivity contribution in [2.45, 2.75) is 44.5 Å². The Morgan fingerprint density at radius 2 is 2.06 bits per heavy atom. The van der Waals surface area contributed by atoms with Crippen LogP contribution in [-0.2, 0) is 4.74 Å². The molecule has 1 amide bonds. The SMILES string of the molecule is CCC1CC(O)CC(c2ccncc2NC(=O)c2c[nH]cc(-c3ccccc3F)c2=O)O1. The van der Waals surface area contributed by atoms with E-state index in [2.05, 4.69) is 15.3 Å². The Bertz CT molecular complexity index is 1180. The van der Waals surface area contributed by atoms with Crippen molar-refractivity contribution in [1.82, 2.24) is 9.97 Å². The lowest BCUT2D eigenvalue weighted by Gasteiger charge is -2.33. The van der Waals surface area contributed by atoms with Crippen LogP contribution in [0.3, 0.4) is 0 Å². The first kappa shape index (κ1) is 21.9. The Labute approximate surface area is 184 Å². The molecule has 0 saturated carbocycles. The molecule has 3 heterocycles. The van der Waals surface area contributed by atoms with Crippen molar-refractivity contribution >= 4 is 11.6 Å². The van der Waals surface area contributed by atoms with Gasteiger partial charge < -0.3 is 20.1 Å². The van der Waals surface area contributed by atoms with Crippen molar-refractivity contribution in [3.63, 3.8) is 0 Å². The minimum atomic E-state index is -0.651. The smallest absolute Gasteiger partial charge is 0.261 e. The summed E-state index contributed by atoms with van der Waals surface area (Å²) in [6.45, 7) is 1.99. The topological polar surface area (TPSA) is 104 Å². The highest BCUT2D eigenvalue weighted by Crippen LogP contribution is 2.35. The van der Waals surface area contributed by atoms with Crippen LogP contribution in [0.1, 0.15) is 48.2 Å². The van der Waals surface area contributed by atoms with Gasteiger partial charge in [0.15, 0.2) is 0 Å². The third kappa shape index (κ3) is 4.46. The maximum atomic E-state index is 14.2. The van der Waals surface area contributed by atoms with Crippen LogP contribution in [0.15, 0.2) is 59.9 Å². The van der Waals surface area contributed by atoms with Gasteiger partial charge in [0.2, 0.25) is 5.43 Å². The van der Waals surface area contributed by atoms with Crippen LogP contribution in [0.5, 0.6) is 0 Å². The van der Waals surface area contributed by atoms with Crippen LogP contribution >= 0.6 is 0 Å². The summed E-state index contributed by atoms with van der Waals surface area (Å²) < 4.78 is 20.3. The second kappa shape index (κ2) is 9.42. The average Bonchev–Trinajstić information content (AvgIpc) is 2.79. The number of aliphatic hydroxyl groups excluding tert-OH is 1. The molecule has 0 radical (unpaired) electrons. The van der Waals surface area contributed by atoms with E-state index in [0.717, 1.165) is 6.42 Å². The molecule has 1 saturated heterocycles. The van der Waals surface area contributed by atoms with Crippen molar-refractivity contribution < 1.29 is 19.0 Å². The highest BCUT2D eigenvalue weighted by molar-refractivity contribution is 6.05. The number of aromatic amines is 1. The second-order valence-electron chi connectivity index (χ2n) is 7.79. The lowest BCUT2D eigenvalue weighted by Crippen LogP contribution is -2.31. The summed E-state index contributed by atoms with van der Waals surface area (Å²) in [5.41, 5.74) is 0.491. The molecule has 0 spiro atoms. The Kier molecular flexibility index (Phi) is 6.43. The number of rotatable bonds is 5. The number of ether oxygens (including phenoxy) is 1. The van der Waals surface area contributed by atoms with Gasteiger partial charge >= 0.3 is 0 Å². The zero-order chi connectivity index (χ0) is 22.7. The molecule has 0 bridgehead atoms. The number of carbonyl (C=O) groups is 1. The fourth-order valence-corrected chi connectivity index (χ4v) is 3.97. The molecule has 32 heavy (non-hydrogen) atoms. The Hall–Kier alpha value is -3.36. The van der Waals surface area contributed by atoms with E-state index in [4.69, 9.17) is 4.74 Å². The minimum Gasteiger partial charge on any atom is -0.393 e. The van der Waals surface area contributed by atoms with E-state index in [9.17, 15) is 19.1 Å². The molecule has 3 N–H and O–H groups in total. The van der Waals surface area contributed by atoms with Gasteiger partial charge in [-0.1, -0.05) is 25.1 Å². The maximum Gasteiger partial charge on any atom is 0.261 e. The van der Waals surface area contributed by atoms with Crippen LogP contribution in [-0.4, -0.2) is 33.2 Å². The summed E-state index contributed by atoms with van der Waals surface area (Å²) in [6, 6.07) is 7.61. The van der Waals surface area contributed by atoms with Gasteiger partial charge in [0.25, 0.3) is 5.91 Å².